The predicted molar refractivity (Wildman–Crippen MR) is 65.4 cm³/mol. The highest BCUT2D eigenvalue weighted by Crippen LogP contribution is 2.16. The van der Waals surface area contributed by atoms with Crippen LogP contribution in [-0.2, 0) is 4.74 Å². The van der Waals surface area contributed by atoms with Gasteiger partial charge in [-0.2, -0.15) is 0 Å². The van der Waals surface area contributed by atoms with Gasteiger partial charge in [0.15, 0.2) is 0 Å². The van der Waals surface area contributed by atoms with E-state index in [0.29, 0.717) is 18.0 Å². The van der Waals surface area contributed by atoms with Crippen LogP contribution in [-0.4, -0.2) is 37.0 Å². The Morgan fingerprint density at radius 2 is 2.29 bits per heavy atom. The molecule has 1 fully saturated rings. The first-order valence-electron chi connectivity index (χ1n) is 5.84. The molecule has 0 saturated carbocycles. The van der Waals surface area contributed by atoms with Crippen LogP contribution in [0.1, 0.15) is 12.0 Å². The second-order valence-corrected chi connectivity index (χ2v) is 4.43. The van der Waals surface area contributed by atoms with E-state index in [2.05, 4.69) is 0 Å². The zero-order valence-corrected chi connectivity index (χ0v) is 9.93. The second kappa shape index (κ2) is 5.53. The van der Waals surface area contributed by atoms with E-state index in [0.717, 1.165) is 30.9 Å². The highest BCUT2D eigenvalue weighted by Gasteiger charge is 2.17. The van der Waals surface area contributed by atoms with E-state index in [-0.39, 0.29) is 0 Å². The summed E-state index contributed by atoms with van der Waals surface area (Å²) in [5, 5.41) is 18.2. The van der Waals surface area contributed by atoms with Crippen molar-refractivity contribution in [1.82, 2.24) is 0 Å². The van der Waals surface area contributed by atoms with Gasteiger partial charge in [0.05, 0.1) is 13.2 Å². The molecule has 1 saturated heterocycles. The summed E-state index contributed by atoms with van der Waals surface area (Å²) in [5.74, 6) is 1.23. The minimum atomic E-state index is -1.42. The predicted octanol–water partition coefficient (Wildman–Crippen LogP) is 0.0901. The van der Waals surface area contributed by atoms with Crippen molar-refractivity contribution in [3.63, 3.8) is 0 Å². The fourth-order valence-electron chi connectivity index (χ4n) is 1.96. The third kappa shape index (κ3) is 3.22. The molecule has 1 aromatic rings. The van der Waals surface area contributed by atoms with E-state index in [9.17, 15) is 0 Å². The first kappa shape index (κ1) is 12.4. The minimum absolute atomic E-state index is 0.471. The van der Waals surface area contributed by atoms with Crippen LogP contribution in [0.5, 0.6) is 5.75 Å². The van der Waals surface area contributed by atoms with Crippen LogP contribution in [0.25, 0.3) is 0 Å². The Morgan fingerprint density at radius 1 is 1.47 bits per heavy atom. The van der Waals surface area contributed by atoms with Crippen molar-refractivity contribution < 1.29 is 19.5 Å². The number of ether oxygens (including phenoxy) is 2. The molecular weight excluding hydrogens is 219 g/mol. The van der Waals surface area contributed by atoms with Crippen molar-refractivity contribution in [3.8, 4) is 5.75 Å². The number of rotatable bonds is 4. The highest BCUT2D eigenvalue weighted by molar-refractivity contribution is 6.59. The molecule has 0 spiro atoms. The van der Waals surface area contributed by atoms with E-state index < -0.39 is 7.12 Å². The lowest BCUT2D eigenvalue weighted by molar-refractivity contribution is 0.167. The lowest BCUT2D eigenvalue weighted by Crippen LogP contribution is -2.31. The number of hydrogen-bond donors (Lipinski definition) is 2. The Hall–Kier alpha value is -1.04. The van der Waals surface area contributed by atoms with E-state index in [4.69, 9.17) is 19.5 Å². The number of hydrogen-bond acceptors (Lipinski definition) is 4. The zero-order valence-electron chi connectivity index (χ0n) is 9.93. The van der Waals surface area contributed by atoms with Crippen molar-refractivity contribution in [3.05, 3.63) is 23.8 Å². The Bertz CT molecular complexity index is 375. The lowest BCUT2D eigenvalue weighted by atomic mass is 9.77. The summed E-state index contributed by atoms with van der Waals surface area (Å²) in [5.41, 5.74) is 1.33. The van der Waals surface area contributed by atoms with Gasteiger partial charge in [0, 0.05) is 12.5 Å². The molecule has 1 aliphatic rings. The molecule has 17 heavy (non-hydrogen) atoms. The molecule has 2 rings (SSSR count). The molecule has 0 bridgehead atoms. The van der Waals surface area contributed by atoms with E-state index in [1.165, 1.54) is 0 Å². The topological polar surface area (TPSA) is 58.9 Å². The van der Waals surface area contributed by atoms with E-state index in [1.54, 1.807) is 12.1 Å². The van der Waals surface area contributed by atoms with Gasteiger partial charge in [0.25, 0.3) is 0 Å². The molecule has 0 aromatic heterocycles. The smallest absolute Gasteiger partial charge is 0.488 e. The third-order valence-corrected chi connectivity index (χ3v) is 3.03. The Morgan fingerprint density at radius 3 is 2.88 bits per heavy atom. The lowest BCUT2D eigenvalue weighted by Gasteiger charge is -2.12. The summed E-state index contributed by atoms with van der Waals surface area (Å²) >= 11 is 0. The summed E-state index contributed by atoms with van der Waals surface area (Å²) < 4.78 is 10.9. The molecule has 0 amide bonds. The van der Waals surface area contributed by atoms with Crippen molar-refractivity contribution in [1.29, 1.82) is 0 Å². The van der Waals surface area contributed by atoms with Gasteiger partial charge in [0.2, 0.25) is 0 Å². The van der Waals surface area contributed by atoms with Crippen molar-refractivity contribution in [2.24, 2.45) is 5.92 Å². The highest BCUT2D eigenvalue weighted by atomic mass is 16.5. The van der Waals surface area contributed by atoms with E-state index in [1.807, 2.05) is 13.0 Å². The van der Waals surface area contributed by atoms with Crippen LogP contribution >= 0.6 is 0 Å². The van der Waals surface area contributed by atoms with Crippen LogP contribution in [0, 0.1) is 12.8 Å². The van der Waals surface area contributed by atoms with Crippen molar-refractivity contribution >= 4 is 12.6 Å². The first-order chi connectivity index (χ1) is 8.16. The van der Waals surface area contributed by atoms with Crippen molar-refractivity contribution in [2.75, 3.05) is 19.8 Å². The van der Waals surface area contributed by atoms with Gasteiger partial charge in [-0.15, -0.1) is 0 Å². The molecular formula is C12H17BO4. The van der Waals surface area contributed by atoms with Gasteiger partial charge in [-0.3, -0.25) is 0 Å². The standard InChI is InChI=1S/C12H17BO4/c1-9-6-11(2-3-12(9)13(14)15)17-8-10-4-5-16-7-10/h2-3,6,10,14-15H,4-5,7-8H2,1H3. The Balaban J connectivity index is 1.94. The fraction of sp³-hybridized carbons (Fsp3) is 0.500. The van der Waals surface area contributed by atoms with Gasteiger partial charge in [-0.05, 0) is 36.5 Å². The largest absolute Gasteiger partial charge is 0.493 e. The monoisotopic (exact) mass is 236 g/mol. The number of benzene rings is 1. The molecule has 1 atom stereocenters. The van der Waals surface area contributed by atoms with Crippen LogP contribution in [0.3, 0.4) is 0 Å². The average Bonchev–Trinajstić information content (AvgIpc) is 2.78. The molecule has 1 aliphatic heterocycles. The quantitative estimate of drug-likeness (QED) is 0.727. The Kier molecular flexibility index (Phi) is 4.04. The summed E-state index contributed by atoms with van der Waals surface area (Å²) in [6.45, 7) is 4.08. The molecule has 1 aromatic carbocycles. The molecule has 0 radical (unpaired) electrons. The van der Waals surface area contributed by atoms with Gasteiger partial charge >= 0.3 is 7.12 Å². The maximum absolute atomic E-state index is 9.10. The van der Waals surface area contributed by atoms with Gasteiger partial charge in [-0.1, -0.05) is 6.07 Å². The molecule has 2 N–H and O–H groups in total. The zero-order chi connectivity index (χ0) is 12.3. The van der Waals surface area contributed by atoms with Crippen LogP contribution < -0.4 is 10.2 Å². The van der Waals surface area contributed by atoms with Crippen LogP contribution in [0.15, 0.2) is 18.2 Å². The molecule has 92 valence electrons. The maximum Gasteiger partial charge on any atom is 0.488 e. The summed E-state index contributed by atoms with van der Waals surface area (Å²) in [4.78, 5) is 0. The van der Waals surface area contributed by atoms with Gasteiger partial charge < -0.3 is 19.5 Å². The SMILES string of the molecule is Cc1cc(OCC2CCOC2)ccc1B(O)O. The second-order valence-electron chi connectivity index (χ2n) is 4.43. The molecule has 1 unspecified atom stereocenters. The summed E-state index contributed by atoms with van der Waals surface area (Å²) in [6, 6.07) is 5.27. The molecule has 1 heterocycles. The summed E-state index contributed by atoms with van der Waals surface area (Å²) in [6.07, 6.45) is 1.05. The first-order valence-corrected chi connectivity index (χ1v) is 5.84. The Labute approximate surface area is 101 Å². The normalized spacial score (nSPS) is 19.4. The molecule has 5 heteroatoms. The van der Waals surface area contributed by atoms with Gasteiger partial charge in [-0.25, -0.2) is 0 Å². The molecule has 4 nitrogen and oxygen atoms in total. The van der Waals surface area contributed by atoms with Crippen molar-refractivity contribution in [2.45, 2.75) is 13.3 Å². The van der Waals surface area contributed by atoms with Crippen LogP contribution in [0.2, 0.25) is 0 Å². The van der Waals surface area contributed by atoms with Crippen LogP contribution in [0.4, 0.5) is 0 Å². The van der Waals surface area contributed by atoms with E-state index >= 15 is 0 Å². The average molecular weight is 236 g/mol. The minimum Gasteiger partial charge on any atom is -0.493 e. The van der Waals surface area contributed by atoms with Gasteiger partial charge in [0.1, 0.15) is 5.75 Å². The number of aryl methyl sites for hydroxylation is 1. The fourth-order valence-corrected chi connectivity index (χ4v) is 1.96. The molecule has 0 aliphatic carbocycles. The summed E-state index contributed by atoms with van der Waals surface area (Å²) in [7, 11) is -1.42. The maximum atomic E-state index is 9.10. The third-order valence-electron chi connectivity index (χ3n) is 3.03.